The number of hydrogen-bond donors (Lipinski definition) is 0. The Balaban J connectivity index is 2.39. The van der Waals surface area contributed by atoms with E-state index in [-0.39, 0.29) is 16.7 Å². The number of ketones is 1. The molecule has 4 heteroatoms. The molecule has 0 spiro atoms. The summed E-state index contributed by atoms with van der Waals surface area (Å²) in [6, 6.07) is 8.76. The lowest BCUT2D eigenvalue weighted by Crippen LogP contribution is -2.15. The van der Waals surface area contributed by atoms with E-state index in [4.69, 9.17) is 11.6 Å². The van der Waals surface area contributed by atoms with Crippen molar-refractivity contribution in [3.8, 4) is 0 Å². The molecule has 1 aliphatic rings. The maximum Gasteiger partial charge on any atom is 0.277 e. The maximum atomic E-state index is 12.0. The molecule has 0 N–H and O–H groups in total. The first kappa shape index (κ1) is 13.4. The second-order valence-electron chi connectivity index (χ2n) is 4.24. The fraction of sp³-hybridized carbons (Fsp3) is 0.133. The molecule has 1 aliphatic carbocycles. The van der Waals surface area contributed by atoms with E-state index in [1.165, 1.54) is 6.08 Å². The summed E-state index contributed by atoms with van der Waals surface area (Å²) < 4.78 is 0. The SMILES string of the molecule is CC1=C(C)C(=NC(=O)c2ccccc2)C=C(Cl)C1=O. The highest BCUT2D eigenvalue weighted by molar-refractivity contribution is 6.48. The molecule has 96 valence electrons. The zero-order valence-corrected chi connectivity index (χ0v) is 11.4. The molecule has 0 aliphatic heterocycles. The van der Waals surface area contributed by atoms with Crippen molar-refractivity contribution in [3.05, 3.63) is 58.1 Å². The average molecular weight is 274 g/mol. The Morgan fingerprint density at radius 1 is 1.11 bits per heavy atom. The molecule has 0 atom stereocenters. The zero-order valence-electron chi connectivity index (χ0n) is 10.6. The quantitative estimate of drug-likeness (QED) is 0.737. The van der Waals surface area contributed by atoms with E-state index in [2.05, 4.69) is 4.99 Å². The first-order chi connectivity index (χ1) is 9.00. The lowest BCUT2D eigenvalue weighted by atomic mass is 9.96. The van der Waals surface area contributed by atoms with Gasteiger partial charge in [0.2, 0.25) is 0 Å². The molecule has 1 amide bonds. The molecule has 0 fully saturated rings. The van der Waals surface area contributed by atoms with Crippen molar-refractivity contribution in [1.82, 2.24) is 0 Å². The number of rotatable bonds is 1. The highest BCUT2D eigenvalue weighted by atomic mass is 35.5. The van der Waals surface area contributed by atoms with Crippen molar-refractivity contribution in [3.63, 3.8) is 0 Å². The van der Waals surface area contributed by atoms with Gasteiger partial charge in [-0.15, -0.1) is 0 Å². The van der Waals surface area contributed by atoms with E-state index in [0.29, 0.717) is 22.4 Å². The Labute approximate surface area is 116 Å². The van der Waals surface area contributed by atoms with Gasteiger partial charge in [0.15, 0.2) is 5.78 Å². The van der Waals surface area contributed by atoms with E-state index in [1.54, 1.807) is 38.1 Å². The predicted octanol–water partition coefficient (Wildman–Crippen LogP) is 3.31. The fourth-order valence-corrected chi connectivity index (χ4v) is 1.95. The summed E-state index contributed by atoms with van der Waals surface area (Å²) in [5, 5.41) is 0.0858. The van der Waals surface area contributed by atoms with Crippen LogP contribution in [0, 0.1) is 0 Å². The van der Waals surface area contributed by atoms with Crippen molar-refractivity contribution < 1.29 is 9.59 Å². The number of aliphatic imine (C=N–C) groups is 1. The van der Waals surface area contributed by atoms with Crippen LogP contribution >= 0.6 is 11.6 Å². The lowest BCUT2D eigenvalue weighted by Gasteiger charge is -2.12. The van der Waals surface area contributed by atoms with Gasteiger partial charge in [-0.05, 0) is 37.6 Å². The van der Waals surface area contributed by atoms with Crippen molar-refractivity contribution in [2.45, 2.75) is 13.8 Å². The summed E-state index contributed by atoms with van der Waals surface area (Å²) in [5.41, 5.74) is 2.14. The third kappa shape index (κ3) is 2.71. The molecule has 19 heavy (non-hydrogen) atoms. The van der Waals surface area contributed by atoms with Gasteiger partial charge < -0.3 is 0 Å². The van der Waals surface area contributed by atoms with Gasteiger partial charge in [0.05, 0.1) is 10.7 Å². The van der Waals surface area contributed by atoms with Crippen LogP contribution in [0.3, 0.4) is 0 Å². The second-order valence-corrected chi connectivity index (χ2v) is 4.65. The highest BCUT2D eigenvalue weighted by Crippen LogP contribution is 2.22. The molecular weight excluding hydrogens is 262 g/mol. The first-order valence-electron chi connectivity index (χ1n) is 5.78. The van der Waals surface area contributed by atoms with Crippen molar-refractivity contribution in [1.29, 1.82) is 0 Å². The minimum atomic E-state index is -0.349. The van der Waals surface area contributed by atoms with Crippen LogP contribution in [0.2, 0.25) is 0 Å². The topological polar surface area (TPSA) is 46.5 Å². The Hall–Kier alpha value is -2.00. The van der Waals surface area contributed by atoms with E-state index in [1.807, 2.05) is 6.07 Å². The van der Waals surface area contributed by atoms with E-state index >= 15 is 0 Å². The minimum absolute atomic E-state index is 0.0858. The molecule has 3 nitrogen and oxygen atoms in total. The predicted molar refractivity (Wildman–Crippen MR) is 75.5 cm³/mol. The molecule has 0 aromatic heterocycles. The van der Waals surface area contributed by atoms with Crippen LogP contribution in [0.25, 0.3) is 0 Å². The number of hydrogen-bond acceptors (Lipinski definition) is 2. The van der Waals surface area contributed by atoms with E-state index < -0.39 is 0 Å². The van der Waals surface area contributed by atoms with Gasteiger partial charge >= 0.3 is 0 Å². The normalized spacial score (nSPS) is 17.7. The Kier molecular flexibility index (Phi) is 3.76. The standard InChI is InChI=1S/C15H12ClNO2/c1-9-10(2)14(18)12(16)8-13(9)17-15(19)11-6-4-3-5-7-11/h3-8H,1-2H3. The van der Waals surface area contributed by atoms with Crippen molar-refractivity contribution in [2.75, 3.05) is 0 Å². The van der Waals surface area contributed by atoms with Gasteiger partial charge in [-0.1, -0.05) is 29.8 Å². The van der Waals surface area contributed by atoms with Crippen LogP contribution in [0.5, 0.6) is 0 Å². The summed E-state index contributed by atoms with van der Waals surface area (Å²) >= 11 is 5.84. The molecule has 0 bridgehead atoms. The van der Waals surface area contributed by atoms with Gasteiger partial charge in [-0.3, -0.25) is 9.59 Å². The molecule has 0 saturated carbocycles. The molecule has 0 heterocycles. The highest BCUT2D eigenvalue weighted by Gasteiger charge is 2.21. The number of allylic oxidation sites excluding steroid dienone is 4. The molecular formula is C15H12ClNO2. The summed E-state index contributed by atoms with van der Waals surface area (Å²) in [7, 11) is 0. The number of carbonyl (C=O) groups is 2. The van der Waals surface area contributed by atoms with Crippen LogP contribution < -0.4 is 0 Å². The third-order valence-corrected chi connectivity index (χ3v) is 3.29. The van der Waals surface area contributed by atoms with Crippen LogP contribution in [-0.4, -0.2) is 17.4 Å². The van der Waals surface area contributed by atoms with Gasteiger partial charge in [0.25, 0.3) is 5.91 Å². The van der Waals surface area contributed by atoms with Crippen LogP contribution in [0.1, 0.15) is 24.2 Å². The maximum absolute atomic E-state index is 12.0. The van der Waals surface area contributed by atoms with Crippen molar-refractivity contribution >= 4 is 29.0 Å². The number of nitrogens with zero attached hydrogens (tertiary/aromatic N) is 1. The summed E-state index contributed by atoms with van der Waals surface area (Å²) in [6.45, 7) is 3.43. The van der Waals surface area contributed by atoms with Gasteiger partial charge in [-0.2, -0.15) is 0 Å². The second kappa shape index (κ2) is 5.33. The van der Waals surface area contributed by atoms with Gasteiger partial charge in [0, 0.05) is 11.1 Å². The molecule has 0 unspecified atom stereocenters. The summed E-state index contributed by atoms with van der Waals surface area (Å²) in [4.78, 5) is 27.7. The van der Waals surface area contributed by atoms with Gasteiger partial charge in [0.1, 0.15) is 0 Å². The Morgan fingerprint density at radius 3 is 2.37 bits per heavy atom. The number of amides is 1. The Morgan fingerprint density at radius 2 is 1.74 bits per heavy atom. The van der Waals surface area contributed by atoms with E-state index in [9.17, 15) is 9.59 Å². The summed E-state index contributed by atoms with van der Waals surface area (Å²) in [5.74, 6) is -0.567. The minimum Gasteiger partial charge on any atom is -0.288 e. The molecule has 1 aromatic rings. The number of benzene rings is 1. The molecule has 0 saturated heterocycles. The Bertz CT molecular complexity index is 639. The zero-order chi connectivity index (χ0) is 14.0. The van der Waals surface area contributed by atoms with Gasteiger partial charge in [-0.25, -0.2) is 4.99 Å². The smallest absolute Gasteiger partial charge is 0.277 e. The monoisotopic (exact) mass is 273 g/mol. The number of carbonyl (C=O) groups excluding carboxylic acids is 2. The third-order valence-electron chi connectivity index (χ3n) is 3.01. The average Bonchev–Trinajstić information content (AvgIpc) is 2.43. The number of halogens is 1. The van der Waals surface area contributed by atoms with Crippen LogP contribution in [0.15, 0.2) is 57.6 Å². The van der Waals surface area contributed by atoms with Crippen LogP contribution in [0.4, 0.5) is 0 Å². The largest absolute Gasteiger partial charge is 0.288 e. The molecule has 1 aromatic carbocycles. The summed E-state index contributed by atoms with van der Waals surface area (Å²) in [6.07, 6.45) is 1.44. The fourth-order valence-electron chi connectivity index (χ4n) is 1.71. The van der Waals surface area contributed by atoms with E-state index in [0.717, 1.165) is 0 Å². The molecule has 0 radical (unpaired) electrons. The molecule has 2 rings (SSSR count). The van der Waals surface area contributed by atoms with Crippen LogP contribution in [-0.2, 0) is 4.79 Å². The number of Topliss-reactive ketones (excluding diaryl/α,β-unsaturated/α-hetero) is 1. The lowest BCUT2D eigenvalue weighted by molar-refractivity contribution is -0.111. The first-order valence-corrected chi connectivity index (χ1v) is 6.16. The van der Waals surface area contributed by atoms with Crippen molar-refractivity contribution in [2.24, 2.45) is 4.99 Å².